The summed E-state index contributed by atoms with van der Waals surface area (Å²) in [6.45, 7) is 5.50. The van der Waals surface area contributed by atoms with Crippen molar-refractivity contribution in [3.8, 4) is 0 Å². The van der Waals surface area contributed by atoms with E-state index in [4.69, 9.17) is 37.9 Å². The summed E-state index contributed by atoms with van der Waals surface area (Å²) in [4.78, 5) is 11.9. The number of carbonyl (C=O) groups excluding carboxylic acids is 1. The predicted molar refractivity (Wildman–Crippen MR) is 135 cm³/mol. The van der Waals surface area contributed by atoms with Crippen molar-refractivity contribution in [2.75, 3.05) is 6.61 Å². The minimum absolute atomic E-state index is 0.00595. The molecule has 0 bridgehead atoms. The zero-order chi connectivity index (χ0) is 30.9. The van der Waals surface area contributed by atoms with Crippen LogP contribution in [0.5, 0.6) is 0 Å². The van der Waals surface area contributed by atoms with Crippen molar-refractivity contribution in [2.24, 2.45) is 0 Å². The van der Waals surface area contributed by atoms with Gasteiger partial charge in [0.2, 0.25) is 0 Å². The quantitative estimate of drug-likeness (QED) is 0.135. The summed E-state index contributed by atoms with van der Waals surface area (Å²) >= 11 is 0. The Labute approximate surface area is 242 Å². The van der Waals surface area contributed by atoms with Gasteiger partial charge < -0.3 is 73.6 Å². The van der Waals surface area contributed by atoms with E-state index in [2.05, 4.69) is 0 Å². The second kappa shape index (κ2) is 14.3. The molecule has 16 nitrogen and oxygen atoms in total. The Bertz CT molecular complexity index is 853. The van der Waals surface area contributed by atoms with Crippen LogP contribution >= 0.6 is 0 Å². The van der Waals surface area contributed by atoms with Gasteiger partial charge in [-0.1, -0.05) is 0 Å². The molecule has 7 N–H and O–H groups in total. The monoisotopic (exact) mass is 612 g/mol. The second-order valence-electron chi connectivity index (χ2n) is 11.3. The molecule has 0 unspecified atom stereocenters. The maximum absolute atomic E-state index is 11.9. The Balaban J connectivity index is 1.37. The number of aliphatic hydroxyl groups excluding tert-OH is 7. The highest BCUT2D eigenvalue weighted by molar-refractivity contribution is 5.66. The van der Waals surface area contributed by atoms with Crippen molar-refractivity contribution < 1.29 is 78.4 Å². The standard InChI is InChI=1S/C26H44O16/c1-9-23(13(29)5-17(31)35-9)40-18-6-14(30)24(10(2)36-18)41-19-7-15(38-12(4)28)25(11(3)37-19)42-26-22(34)21(33)20(32)16(8-27)39-26/h9-11,13-27,29-34H,5-8H2,1-4H3/t9-,10-,11-,13+,14+,15+,16-,17-,18+,19+,20-,21+,22-,23-,24-,25-,26-/m1/s1. The molecule has 4 heterocycles. The lowest BCUT2D eigenvalue weighted by molar-refractivity contribution is -0.354. The van der Waals surface area contributed by atoms with Gasteiger partial charge in [-0.25, -0.2) is 0 Å². The summed E-state index contributed by atoms with van der Waals surface area (Å²) in [5, 5.41) is 70.9. The average Bonchev–Trinajstić information content (AvgIpc) is 2.90. The van der Waals surface area contributed by atoms with E-state index in [0.717, 1.165) is 0 Å². The van der Waals surface area contributed by atoms with E-state index < -0.39 is 117 Å². The second-order valence-corrected chi connectivity index (χ2v) is 11.3. The van der Waals surface area contributed by atoms with Gasteiger partial charge in [-0.2, -0.15) is 0 Å². The first-order valence-corrected chi connectivity index (χ1v) is 14.2. The van der Waals surface area contributed by atoms with E-state index in [-0.39, 0.29) is 19.3 Å². The summed E-state index contributed by atoms with van der Waals surface area (Å²) in [6, 6.07) is 0. The minimum Gasteiger partial charge on any atom is -0.459 e. The maximum atomic E-state index is 11.9. The van der Waals surface area contributed by atoms with Crippen molar-refractivity contribution >= 4 is 5.97 Å². The first-order chi connectivity index (χ1) is 19.8. The van der Waals surface area contributed by atoms with Crippen LogP contribution in [0, 0.1) is 0 Å². The normalized spacial score (nSPS) is 50.3. The van der Waals surface area contributed by atoms with Gasteiger partial charge in [0.1, 0.15) is 48.8 Å². The van der Waals surface area contributed by atoms with E-state index in [1.54, 1.807) is 20.8 Å². The number of hydrogen-bond donors (Lipinski definition) is 7. The van der Waals surface area contributed by atoms with Crippen LogP contribution in [0.4, 0.5) is 0 Å². The molecule has 0 aliphatic carbocycles. The zero-order valence-corrected chi connectivity index (χ0v) is 23.9. The molecule has 4 aliphatic rings. The van der Waals surface area contributed by atoms with Crippen LogP contribution in [0.1, 0.15) is 47.0 Å². The topological polar surface area (TPSA) is 233 Å². The van der Waals surface area contributed by atoms with Crippen LogP contribution in [0.3, 0.4) is 0 Å². The van der Waals surface area contributed by atoms with Gasteiger partial charge in [0, 0.05) is 26.2 Å². The van der Waals surface area contributed by atoms with Crippen molar-refractivity contribution in [1.29, 1.82) is 0 Å². The lowest BCUT2D eigenvalue weighted by Crippen LogP contribution is -2.62. The molecular formula is C26H44O16. The number of aliphatic hydroxyl groups is 7. The Morgan fingerprint density at radius 2 is 1.24 bits per heavy atom. The van der Waals surface area contributed by atoms with E-state index in [9.17, 15) is 40.5 Å². The van der Waals surface area contributed by atoms with Crippen LogP contribution in [0.15, 0.2) is 0 Å². The van der Waals surface area contributed by atoms with Crippen molar-refractivity contribution in [3.63, 3.8) is 0 Å². The van der Waals surface area contributed by atoms with Gasteiger partial charge in [0.05, 0.1) is 37.1 Å². The Morgan fingerprint density at radius 1 is 0.690 bits per heavy atom. The first kappa shape index (κ1) is 33.8. The molecule has 17 atom stereocenters. The highest BCUT2D eigenvalue weighted by Crippen LogP contribution is 2.34. The maximum Gasteiger partial charge on any atom is 0.302 e. The summed E-state index contributed by atoms with van der Waals surface area (Å²) in [5.41, 5.74) is 0. The molecule has 4 fully saturated rings. The molecule has 0 radical (unpaired) electrons. The fourth-order valence-corrected chi connectivity index (χ4v) is 5.84. The first-order valence-electron chi connectivity index (χ1n) is 14.2. The summed E-state index contributed by atoms with van der Waals surface area (Å²) in [6.07, 6.45) is -18.3. The number of esters is 1. The molecule has 0 spiro atoms. The SMILES string of the molecule is CC(=O)O[C@H]1C[C@H](O[C@H]2[C@@H](O)C[C@H](O[C@H]3[C@@H](O)C[C@H](O)O[C@@H]3C)O[C@@H]2C)O[C@H](C)[C@H]1O[C@H]1O[C@H](CO)[C@@H](O)[C@H](O)[C@H]1O. The number of hydrogen-bond acceptors (Lipinski definition) is 16. The molecule has 4 aliphatic heterocycles. The minimum atomic E-state index is -1.66. The van der Waals surface area contributed by atoms with Crippen LogP contribution in [0.2, 0.25) is 0 Å². The lowest BCUT2D eigenvalue weighted by atomic mass is 9.98. The third-order valence-electron chi connectivity index (χ3n) is 7.99. The van der Waals surface area contributed by atoms with E-state index in [0.29, 0.717) is 0 Å². The van der Waals surface area contributed by atoms with Crippen LogP contribution < -0.4 is 0 Å². The highest BCUT2D eigenvalue weighted by atomic mass is 16.8. The highest BCUT2D eigenvalue weighted by Gasteiger charge is 2.50. The molecule has 0 aromatic carbocycles. The van der Waals surface area contributed by atoms with Gasteiger partial charge >= 0.3 is 5.97 Å². The molecule has 4 rings (SSSR count). The van der Waals surface area contributed by atoms with Crippen molar-refractivity contribution in [1.82, 2.24) is 0 Å². The Kier molecular flexibility index (Phi) is 11.5. The third kappa shape index (κ3) is 7.76. The van der Waals surface area contributed by atoms with Gasteiger partial charge in [0.25, 0.3) is 0 Å². The molecule has 0 saturated carbocycles. The van der Waals surface area contributed by atoms with Crippen molar-refractivity contribution in [2.45, 2.75) is 151 Å². The van der Waals surface area contributed by atoms with Crippen LogP contribution in [0.25, 0.3) is 0 Å². The molecule has 4 saturated heterocycles. The number of rotatable bonds is 8. The largest absolute Gasteiger partial charge is 0.459 e. The number of ether oxygens (including phenoxy) is 8. The predicted octanol–water partition coefficient (Wildman–Crippen LogP) is -3.01. The van der Waals surface area contributed by atoms with Crippen LogP contribution in [-0.2, 0) is 42.7 Å². The Hall–Kier alpha value is -1.09. The molecule has 0 amide bonds. The molecular weight excluding hydrogens is 568 g/mol. The fourth-order valence-electron chi connectivity index (χ4n) is 5.84. The smallest absolute Gasteiger partial charge is 0.302 e. The summed E-state index contributed by atoms with van der Waals surface area (Å²) in [5.74, 6) is -0.625. The van der Waals surface area contributed by atoms with Gasteiger partial charge in [-0.15, -0.1) is 0 Å². The summed E-state index contributed by atoms with van der Waals surface area (Å²) < 4.78 is 45.9. The molecule has 244 valence electrons. The average molecular weight is 613 g/mol. The zero-order valence-electron chi connectivity index (χ0n) is 23.9. The fraction of sp³-hybridized carbons (Fsp3) is 0.962. The van der Waals surface area contributed by atoms with Crippen LogP contribution in [-0.4, -0.2) is 153 Å². The third-order valence-corrected chi connectivity index (χ3v) is 7.99. The number of carbonyl (C=O) groups is 1. The lowest BCUT2D eigenvalue weighted by Gasteiger charge is -2.46. The van der Waals surface area contributed by atoms with E-state index in [1.165, 1.54) is 6.92 Å². The van der Waals surface area contributed by atoms with Crippen molar-refractivity contribution in [3.05, 3.63) is 0 Å². The van der Waals surface area contributed by atoms with Gasteiger partial charge in [-0.3, -0.25) is 4.79 Å². The molecule has 0 aromatic rings. The van der Waals surface area contributed by atoms with Gasteiger partial charge in [0.15, 0.2) is 25.2 Å². The van der Waals surface area contributed by atoms with E-state index >= 15 is 0 Å². The summed E-state index contributed by atoms with van der Waals surface area (Å²) in [7, 11) is 0. The molecule has 0 aromatic heterocycles. The molecule has 42 heavy (non-hydrogen) atoms. The van der Waals surface area contributed by atoms with Gasteiger partial charge in [-0.05, 0) is 20.8 Å². The molecule has 16 heteroatoms. The Morgan fingerprint density at radius 3 is 1.79 bits per heavy atom. The van der Waals surface area contributed by atoms with E-state index in [1.807, 2.05) is 0 Å².